The second-order valence-corrected chi connectivity index (χ2v) is 7.93. The predicted molar refractivity (Wildman–Crippen MR) is 109 cm³/mol. The van der Waals surface area contributed by atoms with E-state index < -0.39 is 6.29 Å². The maximum atomic E-state index is 13.1. The fourth-order valence-electron chi connectivity index (χ4n) is 3.88. The highest BCUT2D eigenvalue weighted by molar-refractivity contribution is 5.92. The van der Waals surface area contributed by atoms with Crippen LogP contribution in [0.1, 0.15) is 30.7 Å². The van der Waals surface area contributed by atoms with E-state index in [-0.39, 0.29) is 25.2 Å². The normalized spacial score (nSPS) is 23.8. The first-order valence-corrected chi connectivity index (χ1v) is 10.6. The lowest BCUT2D eigenvalue weighted by atomic mass is 9.92. The minimum absolute atomic E-state index is 0.0255. The number of hydrogen-bond donors (Lipinski definition) is 1. The number of amides is 1. The van der Waals surface area contributed by atoms with E-state index in [1.807, 2.05) is 29.2 Å². The van der Waals surface area contributed by atoms with Crippen molar-refractivity contribution in [1.29, 1.82) is 0 Å². The zero-order valence-corrected chi connectivity index (χ0v) is 17.4. The summed E-state index contributed by atoms with van der Waals surface area (Å²) in [5.41, 5.74) is 1.04. The standard InChI is InChI=1S/C22H30N2O6/c1-23-6-8-24(9-7-23)22(26)20-13-17(14-21(30-20)27-11-3-2-10-25)16-4-5-18-19(12-16)29-15-28-18/h4-5,12-13,17,21,25H,2-3,6-11,14-15H2,1H3/t17-,21+/m1/s1. The summed E-state index contributed by atoms with van der Waals surface area (Å²) in [5, 5.41) is 8.98. The van der Waals surface area contributed by atoms with Crippen molar-refractivity contribution in [2.24, 2.45) is 0 Å². The van der Waals surface area contributed by atoms with E-state index in [4.69, 9.17) is 24.1 Å². The summed E-state index contributed by atoms with van der Waals surface area (Å²) in [6, 6.07) is 5.87. The van der Waals surface area contributed by atoms with Crippen LogP contribution in [0.5, 0.6) is 11.5 Å². The molecule has 2 atom stereocenters. The fraction of sp³-hybridized carbons (Fsp3) is 0.591. The van der Waals surface area contributed by atoms with E-state index in [0.29, 0.717) is 38.3 Å². The smallest absolute Gasteiger partial charge is 0.288 e. The van der Waals surface area contributed by atoms with Crippen molar-refractivity contribution in [3.05, 3.63) is 35.6 Å². The van der Waals surface area contributed by atoms with Crippen molar-refractivity contribution in [2.45, 2.75) is 31.5 Å². The van der Waals surface area contributed by atoms with Gasteiger partial charge in [-0.1, -0.05) is 6.07 Å². The van der Waals surface area contributed by atoms with Crippen molar-refractivity contribution in [3.63, 3.8) is 0 Å². The van der Waals surface area contributed by atoms with Gasteiger partial charge < -0.3 is 33.9 Å². The Labute approximate surface area is 176 Å². The number of likely N-dealkylation sites (N-methyl/N-ethyl adjacent to an activating group) is 1. The van der Waals surface area contributed by atoms with Gasteiger partial charge in [0.2, 0.25) is 13.1 Å². The summed E-state index contributed by atoms with van der Waals surface area (Å²) in [6.45, 7) is 3.93. The fourth-order valence-corrected chi connectivity index (χ4v) is 3.88. The molecular weight excluding hydrogens is 388 g/mol. The molecule has 0 radical (unpaired) electrons. The molecule has 8 nitrogen and oxygen atoms in total. The number of carbonyl (C=O) groups is 1. The van der Waals surface area contributed by atoms with Crippen LogP contribution >= 0.6 is 0 Å². The van der Waals surface area contributed by atoms with Crippen LogP contribution in [0.3, 0.4) is 0 Å². The van der Waals surface area contributed by atoms with Crippen LogP contribution in [0.15, 0.2) is 30.0 Å². The van der Waals surface area contributed by atoms with Gasteiger partial charge in [0.05, 0.1) is 6.61 Å². The summed E-state index contributed by atoms with van der Waals surface area (Å²) >= 11 is 0. The van der Waals surface area contributed by atoms with Crippen LogP contribution in [-0.2, 0) is 14.3 Å². The van der Waals surface area contributed by atoms with Gasteiger partial charge in [-0.25, -0.2) is 0 Å². The number of rotatable bonds is 7. The molecule has 30 heavy (non-hydrogen) atoms. The second-order valence-electron chi connectivity index (χ2n) is 7.93. The zero-order chi connectivity index (χ0) is 20.9. The van der Waals surface area contributed by atoms with Crippen molar-refractivity contribution < 1.29 is 28.8 Å². The van der Waals surface area contributed by atoms with Crippen LogP contribution in [-0.4, -0.2) is 80.3 Å². The third kappa shape index (κ3) is 4.88. The Hall–Kier alpha value is -2.29. The number of allylic oxidation sites excluding steroid dienone is 1. The summed E-state index contributed by atoms with van der Waals surface area (Å²) < 4.78 is 22.8. The average molecular weight is 418 g/mol. The summed E-state index contributed by atoms with van der Waals surface area (Å²) in [5.74, 6) is 1.70. The van der Waals surface area contributed by atoms with Gasteiger partial charge >= 0.3 is 0 Å². The Kier molecular flexibility index (Phi) is 6.76. The topological polar surface area (TPSA) is 80.7 Å². The number of nitrogens with zero attached hydrogens (tertiary/aromatic N) is 2. The van der Waals surface area contributed by atoms with E-state index >= 15 is 0 Å². The van der Waals surface area contributed by atoms with Crippen molar-refractivity contribution in [3.8, 4) is 11.5 Å². The van der Waals surface area contributed by atoms with E-state index in [9.17, 15) is 4.79 Å². The molecule has 0 saturated carbocycles. The molecular formula is C22H30N2O6. The highest BCUT2D eigenvalue weighted by Crippen LogP contribution is 2.38. The van der Waals surface area contributed by atoms with Gasteiger partial charge in [0.25, 0.3) is 5.91 Å². The molecule has 8 heteroatoms. The molecule has 1 aromatic rings. The van der Waals surface area contributed by atoms with Crippen LogP contribution in [0, 0.1) is 0 Å². The quantitative estimate of drug-likeness (QED) is 0.675. The molecule has 1 amide bonds. The molecule has 0 aliphatic carbocycles. The molecule has 3 aliphatic rings. The third-order valence-corrected chi connectivity index (χ3v) is 5.74. The number of fused-ring (bicyclic) bond motifs is 1. The molecule has 3 heterocycles. The second kappa shape index (κ2) is 9.68. The Morgan fingerprint density at radius 1 is 1.17 bits per heavy atom. The zero-order valence-electron chi connectivity index (χ0n) is 17.4. The average Bonchev–Trinajstić information content (AvgIpc) is 3.24. The molecule has 1 aromatic carbocycles. The number of carbonyl (C=O) groups excluding carboxylic acids is 1. The monoisotopic (exact) mass is 418 g/mol. The number of benzene rings is 1. The summed E-state index contributed by atoms with van der Waals surface area (Å²) in [7, 11) is 2.06. The SMILES string of the molecule is CN1CCN(C(=O)C2=C[C@@H](c3ccc4c(c3)OCO4)C[C@@H](OCCCCO)O2)CC1. The van der Waals surface area contributed by atoms with Gasteiger partial charge in [0.15, 0.2) is 17.3 Å². The van der Waals surface area contributed by atoms with Crippen molar-refractivity contribution >= 4 is 5.91 Å². The molecule has 164 valence electrons. The van der Waals surface area contributed by atoms with Crippen LogP contribution in [0.25, 0.3) is 0 Å². The Balaban J connectivity index is 1.51. The number of piperazine rings is 1. The van der Waals surface area contributed by atoms with E-state index in [1.165, 1.54) is 0 Å². The van der Waals surface area contributed by atoms with Gasteiger partial charge in [0.1, 0.15) is 0 Å². The number of hydrogen-bond acceptors (Lipinski definition) is 7. The minimum atomic E-state index is -0.504. The maximum absolute atomic E-state index is 13.1. The highest BCUT2D eigenvalue weighted by atomic mass is 16.7. The molecule has 0 bridgehead atoms. The lowest BCUT2D eigenvalue weighted by molar-refractivity contribution is -0.153. The van der Waals surface area contributed by atoms with Crippen molar-refractivity contribution in [1.82, 2.24) is 9.80 Å². The van der Waals surface area contributed by atoms with Crippen LogP contribution in [0.2, 0.25) is 0 Å². The van der Waals surface area contributed by atoms with Crippen molar-refractivity contribution in [2.75, 3.05) is 53.2 Å². The number of unbranched alkanes of at least 4 members (excludes halogenated alkanes) is 1. The minimum Gasteiger partial charge on any atom is -0.459 e. The molecule has 0 aromatic heterocycles. The number of aliphatic hydroxyl groups excluding tert-OH is 1. The van der Waals surface area contributed by atoms with Gasteiger partial charge in [-0.05, 0) is 43.7 Å². The first-order chi connectivity index (χ1) is 14.6. The first kappa shape index (κ1) is 21.0. The number of ether oxygens (including phenoxy) is 4. The predicted octanol–water partition coefficient (Wildman–Crippen LogP) is 1.69. The Morgan fingerprint density at radius 3 is 2.77 bits per heavy atom. The molecule has 1 fully saturated rings. The third-order valence-electron chi connectivity index (χ3n) is 5.74. The van der Waals surface area contributed by atoms with E-state index in [0.717, 1.165) is 36.6 Å². The number of aliphatic hydroxyl groups is 1. The summed E-state index contributed by atoms with van der Waals surface area (Å²) in [6.07, 6.45) is 3.44. The van der Waals surface area contributed by atoms with E-state index in [2.05, 4.69) is 11.9 Å². The molecule has 1 saturated heterocycles. The van der Waals surface area contributed by atoms with E-state index in [1.54, 1.807) is 0 Å². The van der Waals surface area contributed by atoms with Gasteiger partial charge in [-0.15, -0.1) is 0 Å². The molecule has 3 aliphatic heterocycles. The molecule has 0 spiro atoms. The Bertz CT molecular complexity index is 775. The lowest BCUT2D eigenvalue weighted by Gasteiger charge is -2.35. The highest BCUT2D eigenvalue weighted by Gasteiger charge is 2.32. The largest absolute Gasteiger partial charge is 0.459 e. The van der Waals surface area contributed by atoms with Crippen LogP contribution in [0.4, 0.5) is 0 Å². The molecule has 4 rings (SSSR count). The van der Waals surface area contributed by atoms with Crippen LogP contribution < -0.4 is 9.47 Å². The summed E-state index contributed by atoms with van der Waals surface area (Å²) in [4.78, 5) is 17.2. The first-order valence-electron chi connectivity index (χ1n) is 10.6. The lowest BCUT2D eigenvalue weighted by Crippen LogP contribution is -2.48. The van der Waals surface area contributed by atoms with Gasteiger partial charge in [-0.2, -0.15) is 0 Å². The molecule has 1 N–H and O–H groups in total. The maximum Gasteiger partial charge on any atom is 0.288 e. The molecule has 0 unspecified atom stereocenters. The van der Waals surface area contributed by atoms with Gasteiger partial charge in [-0.3, -0.25) is 4.79 Å². The Morgan fingerprint density at radius 2 is 1.97 bits per heavy atom. The van der Waals surface area contributed by atoms with Gasteiger partial charge in [0, 0.05) is 45.1 Å².